The molecule has 0 aliphatic carbocycles. The van der Waals surface area contributed by atoms with Gasteiger partial charge in [-0.1, -0.05) is 6.07 Å². The van der Waals surface area contributed by atoms with Crippen LogP contribution in [0.1, 0.15) is 24.9 Å². The maximum atomic E-state index is 11.9. The predicted octanol–water partition coefficient (Wildman–Crippen LogP) is 0.491. The largest absolute Gasteiger partial charge is 0.347 e. The van der Waals surface area contributed by atoms with Gasteiger partial charge in [0.1, 0.15) is 0 Å². The summed E-state index contributed by atoms with van der Waals surface area (Å²) in [5.74, 6) is -0.119. The van der Waals surface area contributed by atoms with Crippen LogP contribution in [-0.4, -0.2) is 34.8 Å². The lowest BCUT2D eigenvalue weighted by Crippen LogP contribution is -2.37. The molecule has 1 aliphatic heterocycles. The number of carbonyl (C=O) groups excluding carboxylic acids is 2. The molecule has 0 radical (unpaired) electrons. The molecule has 5 heteroatoms. The van der Waals surface area contributed by atoms with Crippen LogP contribution in [-0.2, 0) is 9.59 Å². The lowest BCUT2D eigenvalue weighted by Gasteiger charge is -2.27. The molecule has 17 heavy (non-hydrogen) atoms. The molecule has 2 amide bonds. The van der Waals surface area contributed by atoms with Crippen molar-refractivity contribution in [3.63, 3.8) is 0 Å². The number of hydrogen-bond acceptors (Lipinski definition) is 3. The maximum Gasteiger partial charge on any atom is 0.242 e. The number of pyridine rings is 1. The Morgan fingerprint density at radius 3 is 3.00 bits per heavy atom. The highest BCUT2D eigenvalue weighted by Crippen LogP contribution is 2.20. The highest BCUT2D eigenvalue weighted by Gasteiger charge is 2.25. The average Bonchev–Trinajstić information content (AvgIpc) is 2.52. The van der Waals surface area contributed by atoms with Crippen LogP contribution in [0.2, 0.25) is 0 Å². The van der Waals surface area contributed by atoms with Crippen LogP contribution >= 0.6 is 0 Å². The van der Waals surface area contributed by atoms with Crippen LogP contribution in [0, 0.1) is 0 Å². The normalized spacial score (nSPS) is 18.5. The molecule has 5 nitrogen and oxygen atoms in total. The van der Waals surface area contributed by atoms with Crippen LogP contribution in [0.3, 0.4) is 0 Å². The molecule has 2 heterocycles. The highest BCUT2D eigenvalue weighted by atomic mass is 16.2. The summed E-state index contributed by atoms with van der Waals surface area (Å²) in [7, 11) is 0. The molecule has 1 aromatic heterocycles. The minimum Gasteiger partial charge on any atom is -0.347 e. The van der Waals surface area contributed by atoms with Gasteiger partial charge in [-0.05, 0) is 18.6 Å². The topological polar surface area (TPSA) is 62.3 Å². The summed E-state index contributed by atoms with van der Waals surface area (Å²) >= 11 is 0. The fourth-order valence-corrected chi connectivity index (χ4v) is 1.92. The van der Waals surface area contributed by atoms with Gasteiger partial charge in [-0.3, -0.25) is 14.6 Å². The number of carbonyl (C=O) groups is 2. The Morgan fingerprint density at radius 1 is 1.47 bits per heavy atom. The second-order valence-corrected chi connectivity index (χ2v) is 4.08. The summed E-state index contributed by atoms with van der Waals surface area (Å²) in [5, 5.41) is 2.58. The summed E-state index contributed by atoms with van der Waals surface area (Å²) in [5.41, 5.74) is 0.982. The Kier molecular flexibility index (Phi) is 3.37. The Bertz CT molecular complexity index is 419. The number of aromatic nitrogens is 1. The Labute approximate surface area is 99.8 Å². The molecule has 2 rings (SSSR count). The molecule has 1 N–H and O–H groups in total. The Balaban J connectivity index is 2.15. The number of rotatable bonds is 2. The number of amides is 2. The molecule has 1 unspecified atom stereocenters. The molecule has 1 aromatic rings. The van der Waals surface area contributed by atoms with Crippen LogP contribution in [0.25, 0.3) is 0 Å². The fourth-order valence-electron chi connectivity index (χ4n) is 1.92. The van der Waals surface area contributed by atoms with Crippen LogP contribution in [0.15, 0.2) is 24.5 Å². The van der Waals surface area contributed by atoms with Crippen molar-refractivity contribution in [1.29, 1.82) is 0 Å². The van der Waals surface area contributed by atoms with E-state index in [-0.39, 0.29) is 24.4 Å². The van der Waals surface area contributed by atoms with E-state index in [0.29, 0.717) is 13.0 Å². The molecule has 1 aliphatic rings. The SMILES string of the molecule is CC(c1cccnc1)N1CCC(=O)NCC1=O. The van der Waals surface area contributed by atoms with Crippen LogP contribution in [0.4, 0.5) is 0 Å². The molecule has 1 saturated heterocycles. The number of nitrogens with one attached hydrogen (secondary N) is 1. The molecule has 0 bridgehead atoms. The van der Waals surface area contributed by atoms with Gasteiger partial charge in [0, 0.05) is 25.4 Å². The summed E-state index contributed by atoms with van der Waals surface area (Å²) in [6, 6.07) is 3.73. The first-order valence-corrected chi connectivity index (χ1v) is 5.64. The molecule has 90 valence electrons. The molecular formula is C12H15N3O2. The first kappa shape index (κ1) is 11.6. The van der Waals surface area contributed by atoms with E-state index >= 15 is 0 Å². The fraction of sp³-hybridized carbons (Fsp3) is 0.417. The Hall–Kier alpha value is -1.91. The highest BCUT2D eigenvalue weighted by molar-refractivity contribution is 5.87. The van der Waals surface area contributed by atoms with Gasteiger partial charge in [0.2, 0.25) is 11.8 Å². The quantitative estimate of drug-likeness (QED) is 0.808. The van der Waals surface area contributed by atoms with Gasteiger partial charge in [0.25, 0.3) is 0 Å². The minimum atomic E-state index is -0.0702. The summed E-state index contributed by atoms with van der Waals surface area (Å²) in [4.78, 5) is 28.9. The van der Waals surface area contributed by atoms with Crippen molar-refractivity contribution in [2.45, 2.75) is 19.4 Å². The second kappa shape index (κ2) is 4.95. The predicted molar refractivity (Wildman–Crippen MR) is 62.0 cm³/mol. The number of nitrogens with zero attached hydrogens (tertiary/aromatic N) is 2. The van der Waals surface area contributed by atoms with Gasteiger partial charge in [0.05, 0.1) is 12.6 Å². The zero-order valence-electron chi connectivity index (χ0n) is 9.72. The van der Waals surface area contributed by atoms with Crippen molar-refractivity contribution in [2.75, 3.05) is 13.1 Å². The zero-order valence-corrected chi connectivity index (χ0v) is 9.72. The van der Waals surface area contributed by atoms with Crippen LogP contribution < -0.4 is 5.32 Å². The summed E-state index contributed by atoms with van der Waals surface area (Å²) in [6.07, 6.45) is 3.81. The van der Waals surface area contributed by atoms with E-state index in [9.17, 15) is 9.59 Å². The molecular weight excluding hydrogens is 218 g/mol. The Morgan fingerprint density at radius 2 is 2.29 bits per heavy atom. The summed E-state index contributed by atoms with van der Waals surface area (Å²) in [6.45, 7) is 2.49. The molecule has 1 fully saturated rings. The van der Waals surface area contributed by atoms with Gasteiger partial charge in [-0.2, -0.15) is 0 Å². The zero-order chi connectivity index (χ0) is 12.3. The van der Waals surface area contributed by atoms with Gasteiger partial charge in [0.15, 0.2) is 0 Å². The average molecular weight is 233 g/mol. The first-order valence-electron chi connectivity index (χ1n) is 5.64. The van der Waals surface area contributed by atoms with Crippen LogP contribution in [0.5, 0.6) is 0 Å². The maximum absolute atomic E-state index is 11.9. The standard InChI is InChI=1S/C12H15N3O2/c1-9(10-3-2-5-13-7-10)15-6-4-11(16)14-8-12(15)17/h2-3,5,7,9H,4,6,8H2,1H3,(H,14,16). The third kappa shape index (κ3) is 2.61. The van der Waals surface area contributed by atoms with E-state index in [0.717, 1.165) is 5.56 Å². The summed E-state index contributed by atoms with van der Waals surface area (Å²) < 4.78 is 0. The molecule has 0 saturated carbocycles. The minimum absolute atomic E-state index is 0.0489. The lowest BCUT2D eigenvalue weighted by atomic mass is 10.1. The molecule has 0 spiro atoms. The van der Waals surface area contributed by atoms with Crippen molar-refractivity contribution in [1.82, 2.24) is 15.2 Å². The second-order valence-electron chi connectivity index (χ2n) is 4.08. The number of hydrogen-bond donors (Lipinski definition) is 1. The third-order valence-corrected chi connectivity index (χ3v) is 2.97. The van der Waals surface area contributed by atoms with Crippen molar-refractivity contribution in [2.24, 2.45) is 0 Å². The van der Waals surface area contributed by atoms with E-state index in [2.05, 4.69) is 10.3 Å². The van der Waals surface area contributed by atoms with Crippen molar-refractivity contribution < 1.29 is 9.59 Å². The van der Waals surface area contributed by atoms with Gasteiger partial charge in [-0.25, -0.2) is 0 Å². The van der Waals surface area contributed by atoms with E-state index in [1.54, 1.807) is 17.3 Å². The van der Waals surface area contributed by atoms with Crippen molar-refractivity contribution in [3.05, 3.63) is 30.1 Å². The smallest absolute Gasteiger partial charge is 0.242 e. The van der Waals surface area contributed by atoms with Crippen molar-refractivity contribution >= 4 is 11.8 Å². The van der Waals surface area contributed by atoms with E-state index < -0.39 is 0 Å². The molecule has 1 atom stereocenters. The van der Waals surface area contributed by atoms with E-state index in [4.69, 9.17) is 0 Å². The first-order chi connectivity index (χ1) is 8.18. The van der Waals surface area contributed by atoms with Gasteiger partial charge in [-0.15, -0.1) is 0 Å². The molecule has 0 aromatic carbocycles. The van der Waals surface area contributed by atoms with E-state index in [1.165, 1.54) is 0 Å². The van der Waals surface area contributed by atoms with Crippen molar-refractivity contribution in [3.8, 4) is 0 Å². The third-order valence-electron chi connectivity index (χ3n) is 2.97. The van der Waals surface area contributed by atoms with Gasteiger partial charge >= 0.3 is 0 Å². The van der Waals surface area contributed by atoms with E-state index in [1.807, 2.05) is 19.1 Å². The van der Waals surface area contributed by atoms with Gasteiger partial charge < -0.3 is 10.2 Å². The monoisotopic (exact) mass is 233 g/mol. The lowest BCUT2D eigenvalue weighted by molar-refractivity contribution is -0.132.